The van der Waals surface area contributed by atoms with Crippen molar-refractivity contribution in [3.8, 4) is 0 Å². The summed E-state index contributed by atoms with van der Waals surface area (Å²) in [6.45, 7) is 11.9. The first kappa shape index (κ1) is 15.0. The summed E-state index contributed by atoms with van der Waals surface area (Å²) in [6.07, 6.45) is 8.37. The van der Waals surface area contributed by atoms with E-state index in [1.165, 1.54) is 58.2 Å². The van der Waals surface area contributed by atoms with Gasteiger partial charge in [-0.15, -0.1) is 0 Å². The SMILES string of the molecule is CCCCCCN1CCC(C(C)NCC)CC1. The van der Waals surface area contributed by atoms with Gasteiger partial charge >= 0.3 is 0 Å². The van der Waals surface area contributed by atoms with E-state index < -0.39 is 0 Å². The van der Waals surface area contributed by atoms with Crippen molar-refractivity contribution < 1.29 is 0 Å². The largest absolute Gasteiger partial charge is 0.314 e. The van der Waals surface area contributed by atoms with Gasteiger partial charge in [0.2, 0.25) is 0 Å². The highest BCUT2D eigenvalue weighted by Gasteiger charge is 2.22. The lowest BCUT2D eigenvalue weighted by Gasteiger charge is -2.35. The van der Waals surface area contributed by atoms with E-state index in [4.69, 9.17) is 0 Å². The molecule has 0 spiro atoms. The molecule has 1 aliphatic rings. The minimum Gasteiger partial charge on any atom is -0.314 e. The van der Waals surface area contributed by atoms with Gasteiger partial charge in [-0.1, -0.05) is 33.1 Å². The van der Waals surface area contributed by atoms with Crippen molar-refractivity contribution in [2.75, 3.05) is 26.2 Å². The lowest BCUT2D eigenvalue weighted by atomic mass is 9.90. The minimum absolute atomic E-state index is 0.710. The van der Waals surface area contributed by atoms with Crippen LogP contribution in [0.4, 0.5) is 0 Å². The number of piperidine rings is 1. The Labute approximate surface area is 108 Å². The molecule has 0 radical (unpaired) electrons. The zero-order valence-corrected chi connectivity index (χ0v) is 12.2. The van der Waals surface area contributed by atoms with Crippen molar-refractivity contribution in [3.63, 3.8) is 0 Å². The molecule has 0 bridgehead atoms. The molecule has 0 aromatic heterocycles. The molecule has 102 valence electrons. The molecule has 1 fully saturated rings. The first-order valence-corrected chi connectivity index (χ1v) is 7.73. The van der Waals surface area contributed by atoms with Crippen LogP contribution in [0.1, 0.15) is 59.3 Å². The predicted molar refractivity (Wildman–Crippen MR) is 76.4 cm³/mol. The summed E-state index contributed by atoms with van der Waals surface area (Å²) in [7, 11) is 0. The van der Waals surface area contributed by atoms with Gasteiger partial charge < -0.3 is 10.2 Å². The third kappa shape index (κ3) is 5.87. The summed E-state index contributed by atoms with van der Waals surface area (Å²) in [6, 6.07) is 0.710. The Morgan fingerprint density at radius 2 is 1.82 bits per heavy atom. The normalized spacial score (nSPS) is 20.6. The molecular weight excluding hydrogens is 208 g/mol. The van der Waals surface area contributed by atoms with Crippen molar-refractivity contribution in [2.24, 2.45) is 5.92 Å². The molecule has 1 N–H and O–H groups in total. The topological polar surface area (TPSA) is 15.3 Å². The molecule has 0 aromatic rings. The number of unbranched alkanes of at least 4 members (excludes halogenated alkanes) is 3. The van der Waals surface area contributed by atoms with E-state index in [0.717, 1.165) is 12.5 Å². The molecule has 0 aliphatic carbocycles. The summed E-state index contributed by atoms with van der Waals surface area (Å²) in [5.41, 5.74) is 0. The Morgan fingerprint density at radius 1 is 1.12 bits per heavy atom. The Hall–Kier alpha value is -0.0800. The highest BCUT2D eigenvalue weighted by atomic mass is 15.1. The number of hydrogen-bond donors (Lipinski definition) is 1. The molecule has 1 heterocycles. The second kappa shape index (κ2) is 8.93. The molecule has 1 unspecified atom stereocenters. The van der Waals surface area contributed by atoms with Crippen LogP contribution in [-0.2, 0) is 0 Å². The Bertz CT molecular complexity index is 174. The van der Waals surface area contributed by atoms with Crippen molar-refractivity contribution in [3.05, 3.63) is 0 Å². The number of rotatable bonds is 8. The van der Waals surface area contributed by atoms with Gasteiger partial charge in [0.25, 0.3) is 0 Å². The van der Waals surface area contributed by atoms with Crippen molar-refractivity contribution >= 4 is 0 Å². The zero-order valence-electron chi connectivity index (χ0n) is 12.2. The molecule has 0 aromatic carbocycles. The van der Waals surface area contributed by atoms with Crippen LogP contribution in [0.3, 0.4) is 0 Å². The smallest absolute Gasteiger partial charge is 0.00678 e. The summed E-state index contributed by atoms with van der Waals surface area (Å²) >= 11 is 0. The lowest BCUT2D eigenvalue weighted by molar-refractivity contribution is 0.161. The van der Waals surface area contributed by atoms with Gasteiger partial charge in [-0.2, -0.15) is 0 Å². The zero-order chi connectivity index (χ0) is 12.5. The summed E-state index contributed by atoms with van der Waals surface area (Å²) in [5, 5.41) is 3.57. The molecule has 0 saturated carbocycles. The second-order valence-corrected chi connectivity index (χ2v) is 5.59. The van der Waals surface area contributed by atoms with Crippen molar-refractivity contribution in [2.45, 2.75) is 65.3 Å². The van der Waals surface area contributed by atoms with Gasteiger partial charge in [0.15, 0.2) is 0 Å². The quantitative estimate of drug-likeness (QED) is 0.655. The van der Waals surface area contributed by atoms with E-state index in [2.05, 4.69) is 31.0 Å². The maximum absolute atomic E-state index is 3.57. The minimum atomic E-state index is 0.710. The van der Waals surface area contributed by atoms with Gasteiger partial charge in [-0.05, 0) is 58.3 Å². The van der Waals surface area contributed by atoms with Crippen molar-refractivity contribution in [1.82, 2.24) is 10.2 Å². The van der Waals surface area contributed by atoms with Crippen LogP contribution in [0.15, 0.2) is 0 Å². The number of nitrogens with one attached hydrogen (secondary N) is 1. The fraction of sp³-hybridized carbons (Fsp3) is 1.00. The first-order chi connectivity index (χ1) is 8.27. The molecule has 1 saturated heterocycles. The van der Waals surface area contributed by atoms with E-state index in [1.54, 1.807) is 0 Å². The van der Waals surface area contributed by atoms with E-state index in [-0.39, 0.29) is 0 Å². The van der Waals surface area contributed by atoms with Crippen LogP contribution in [0.5, 0.6) is 0 Å². The number of hydrogen-bond acceptors (Lipinski definition) is 2. The van der Waals surface area contributed by atoms with Gasteiger partial charge in [-0.25, -0.2) is 0 Å². The van der Waals surface area contributed by atoms with E-state index >= 15 is 0 Å². The third-order valence-electron chi connectivity index (χ3n) is 4.19. The molecule has 2 heteroatoms. The Balaban J connectivity index is 2.08. The summed E-state index contributed by atoms with van der Waals surface area (Å²) in [4.78, 5) is 2.67. The van der Waals surface area contributed by atoms with Crippen LogP contribution in [0.25, 0.3) is 0 Å². The van der Waals surface area contributed by atoms with Crippen molar-refractivity contribution in [1.29, 1.82) is 0 Å². The van der Waals surface area contributed by atoms with Crippen LogP contribution in [0, 0.1) is 5.92 Å². The van der Waals surface area contributed by atoms with Crippen LogP contribution in [-0.4, -0.2) is 37.1 Å². The Kier molecular flexibility index (Phi) is 7.87. The van der Waals surface area contributed by atoms with Gasteiger partial charge in [-0.3, -0.25) is 0 Å². The van der Waals surface area contributed by atoms with Crippen LogP contribution in [0.2, 0.25) is 0 Å². The molecule has 0 amide bonds. The highest BCUT2D eigenvalue weighted by molar-refractivity contribution is 4.79. The molecular formula is C15H32N2. The highest BCUT2D eigenvalue weighted by Crippen LogP contribution is 2.20. The third-order valence-corrected chi connectivity index (χ3v) is 4.19. The predicted octanol–water partition coefficient (Wildman–Crippen LogP) is 3.28. The second-order valence-electron chi connectivity index (χ2n) is 5.59. The fourth-order valence-corrected chi connectivity index (χ4v) is 2.93. The molecule has 17 heavy (non-hydrogen) atoms. The molecule has 1 atom stereocenters. The van der Waals surface area contributed by atoms with E-state index in [0.29, 0.717) is 6.04 Å². The maximum atomic E-state index is 3.57. The number of likely N-dealkylation sites (tertiary alicyclic amines) is 1. The Morgan fingerprint density at radius 3 is 2.41 bits per heavy atom. The van der Waals surface area contributed by atoms with Crippen LogP contribution >= 0.6 is 0 Å². The molecule has 2 nitrogen and oxygen atoms in total. The van der Waals surface area contributed by atoms with Gasteiger partial charge in [0, 0.05) is 6.04 Å². The summed E-state index contributed by atoms with van der Waals surface area (Å²) in [5.74, 6) is 0.904. The summed E-state index contributed by atoms with van der Waals surface area (Å²) < 4.78 is 0. The van der Waals surface area contributed by atoms with E-state index in [9.17, 15) is 0 Å². The van der Waals surface area contributed by atoms with Gasteiger partial charge in [0.05, 0.1) is 0 Å². The molecule has 1 rings (SSSR count). The molecule has 1 aliphatic heterocycles. The monoisotopic (exact) mass is 240 g/mol. The van der Waals surface area contributed by atoms with Gasteiger partial charge in [0.1, 0.15) is 0 Å². The lowest BCUT2D eigenvalue weighted by Crippen LogP contribution is -2.42. The average molecular weight is 240 g/mol. The average Bonchev–Trinajstić information content (AvgIpc) is 2.36. The maximum Gasteiger partial charge on any atom is 0.00678 e. The van der Waals surface area contributed by atoms with E-state index in [1.807, 2.05) is 0 Å². The standard InChI is InChI=1S/C15H32N2/c1-4-6-7-8-11-17-12-9-15(10-13-17)14(3)16-5-2/h14-16H,4-13H2,1-3H3. The fourth-order valence-electron chi connectivity index (χ4n) is 2.93. The number of nitrogens with zero attached hydrogens (tertiary/aromatic N) is 1. The first-order valence-electron chi connectivity index (χ1n) is 7.73. The van der Waals surface area contributed by atoms with Crippen LogP contribution < -0.4 is 5.32 Å².